The van der Waals surface area contributed by atoms with Gasteiger partial charge in [0.1, 0.15) is 29.7 Å². The number of nitrogens with one attached hydrogen (secondary N) is 1. The van der Waals surface area contributed by atoms with Crippen LogP contribution in [0.1, 0.15) is 24.4 Å². The van der Waals surface area contributed by atoms with Crippen LogP contribution in [0.5, 0.6) is 5.75 Å². The summed E-state index contributed by atoms with van der Waals surface area (Å²) in [7, 11) is 1.55. The van der Waals surface area contributed by atoms with Gasteiger partial charge in [0.25, 0.3) is 0 Å². The molecule has 0 bridgehead atoms. The Bertz CT molecular complexity index is 1400. The largest absolute Gasteiger partial charge is 0.497 e. The summed E-state index contributed by atoms with van der Waals surface area (Å²) in [5.74, 6) is -0.639. The molecule has 5 rings (SSSR count). The maximum Gasteiger partial charge on any atom is 0.249 e. The summed E-state index contributed by atoms with van der Waals surface area (Å²) >= 11 is 0. The maximum atomic E-state index is 14.0. The number of hydrogen-bond acceptors (Lipinski definition) is 6. The predicted molar refractivity (Wildman–Crippen MR) is 139 cm³/mol. The van der Waals surface area contributed by atoms with Gasteiger partial charge in [-0.05, 0) is 66.9 Å². The molecule has 2 heterocycles. The van der Waals surface area contributed by atoms with Crippen LogP contribution in [-0.4, -0.2) is 53.2 Å². The molecule has 2 atom stereocenters. The Hall–Kier alpha value is -4.31. The highest BCUT2D eigenvalue weighted by molar-refractivity contribution is 6.01. The standard InChI is InChI=1S/C28H28FN5O4/c1-37-22-14-8-19(9-15-22)27(28(36)30-17-23-5-4-16-38-23)34(21-12-10-20(29)11-13-21)26(35)18-33-25-7-3-2-6-24(25)31-32-33/h2-3,6-15,23,27H,4-5,16-18H2,1H3,(H,30,36)/t23-,27-/m0/s1. The second kappa shape index (κ2) is 11.4. The van der Waals surface area contributed by atoms with Crippen molar-refractivity contribution in [2.75, 3.05) is 25.2 Å². The zero-order chi connectivity index (χ0) is 26.5. The quantitative estimate of drug-likeness (QED) is 0.364. The molecular weight excluding hydrogens is 489 g/mol. The Morgan fingerprint density at radius 2 is 1.89 bits per heavy atom. The number of nitrogens with zero attached hydrogens (tertiary/aromatic N) is 4. The Balaban J connectivity index is 1.53. The molecule has 0 aliphatic carbocycles. The number of benzene rings is 3. The summed E-state index contributed by atoms with van der Waals surface area (Å²) in [4.78, 5) is 29.1. The first-order valence-electron chi connectivity index (χ1n) is 12.4. The number of halogens is 1. The number of aromatic nitrogens is 3. The summed E-state index contributed by atoms with van der Waals surface area (Å²) in [6.45, 7) is 0.808. The van der Waals surface area contributed by atoms with Crippen LogP contribution in [-0.2, 0) is 20.9 Å². The molecule has 3 aromatic carbocycles. The predicted octanol–water partition coefficient (Wildman–Crippen LogP) is 3.65. The normalized spacial score (nSPS) is 15.8. The van der Waals surface area contributed by atoms with Gasteiger partial charge in [-0.2, -0.15) is 0 Å². The van der Waals surface area contributed by atoms with Crippen LogP contribution in [0.15, 0.2) is 72.8 Å². The summed E-state index contributed by atoms with van der Waals surface area (Å²) in [6, 6.07) is 18.7. The molecule has 10 heteroatoms. The maximum absolute atomic E-state index is 14.0. The van der Waals surface area contributed by atoms with E-state index in [9.17, 15) is 14.0 Å². The molecule has 9 nitrogen and oxygen atoms in total. The minimum atomic E-state index is -1.05. The molecule has 4 aromatic rings. The van der Waals surface area contributed by atoms with E-state index >= 15 is 0 Å². The molecule has 1 saturated heterocycles. The van der Waals surface area contributed by atoms with E-state index in [2.05, 4.69) is 15.6 Å². The fourth-order valence-electron chi connectivity index (χ4n) is 4.60. The number of para-hydroxylation sites is 1. The number of anilines is 1. The van der Waals surface area contributed by atoms with Crippen molar-refractivity contribution in [3.05, 3.63) is 84.2 Å². The van der Waals surface area contributed by atoms with Gasteiger partial charge >= 0.3 is 0 Å². The highest BCUT2D eigenvalue weighted by Crippen LogP contribution is 2.30. The van der Waals surface area contributed by atoms with Crippen molar-refractivity contribution in [2.45, 2.75) is 31.5 Å². The molecule has 1 fully saturated rings. The van der Waals surface area contributed by atoms with Crippen LogP contribution in [0.4, 0.5) is 10.1 Å². The molecule has 196 valence electrons. The van der Waals surface area contributed by atoms with E-state index in [0.29, 0.717) is 41.2 Å². The zero-order valence-corrected chi connectivity index (χ0v) is 20.9. The molecule has 38 heavy (non-hydrogen) atoms. The van der Waals surface area contributed by atoms with E-state index in [4.69, 9.17) is 9.47 Å². The van der Waals surface area contributed by atoms with Gasteiger partial charge < -0.3 is 14.8 Å². The van der Waals surface area contributed by atoms with Gasteiger partial charge in [-0.1, -0.05) is 29.5 Å². The van der Waals surface area contributed by atoms with E-state index in [1.165, 1.54) is 33.8 Å². The number of rotatable bonds is 9. The van der Waals surface area contributed by atoms with Crippen molar-refractivity contribution in [1.82, 2.24) is 20.3 Å². The van der Waals surface area contributed by atoms with Crippen LogP contribution >= 0.6 is 0 Å². The number of methoxy groups -OCH3 is 1. The third-order valence-electron chi connectivity index (χ3n) is 6.54. The Kier molecular flexibility index (Phi) is 7.60. The van der Waals surface area contributed by atoms with E-state index in [1.54, 1.807) is 37.4 Å². The average molecular weight is 518 g/mol. The van der Waals surface area contributed by atoms with Crippen LogP contribution in [0.25, 0.3) is 11.0 Å². The van der Waals surface area contributed by atoms with Gasteiger partial charge in [0.2, 0.25) is 11.8 Å². The Morgan fingerprint density at radius 3 is 2.61 bits per heavy atom. The van der Waals surface area contributed by atoms with Crippen molar-refractivity contribution in [3.8, 4) is 5.75 Å². The minimum Gasteiger partial charge on any atom is -0.497 e. The van der Waals surface area contributed by atoms with E-state index < -0.39 is 17.8 Å². The summed E-state index contributed by atoms with van der Waals surface area (Å²) in [6.07, 6.45) is 1.72. The van der Waals surface area contributed by atoms with Crippen LogP contribution < -0.4 is 15.0 Å². The molecule has 0 unspecified atom stereocenters. The number of carbonyl (C=O) groups excluding carboxylic acids is 2. The fourth-order valence-corrected chi connectivity index (χ4v) is 4.60. The lowest BCUT2D eigenvalue weighted by molar-refractivity contribution is -0.127. The van der Waals surface area contributed by atoms with Gasteiger partial charge in [0.15, 0.2) is 0 Å². The lowest BCUT2D eigenvalue weighted by Gasteiger charge is -2.32. The van der Waals surface area contributed by atoms with Crippen molar-refractivity contribution >= 4 is 28.5 Å². The molecule has 0 saturated carbocycles. The average Bonchev–Trinajstić information content (AvgIpc) is 3.61. The first kappa shape index (κ1) is 25.3. The highest BCUT2D eigenvalue weighted by Gasteiger charge is 2.34. The van der Waals surface area contributed by atoms with E-state index in [-0.39, 0.29) is 18.6 Å². The molecule has 0 radical (unpaired) electrons. The first-order valence-corrected chi connectivity index (χ1v) is 12.4. The lowest BCUT2D eigenvalue weighted by atomic mass is 10.0. The zero-order valence-electron chi connectivity index (χ0n) is 20.9. The van der Waals surface area contributed by atoms with E-state index in [0.717, 1.165) is 12.8 Å². The van der Waals surface area contributed by atoms with Gasteiger partial charge in [0.05, 0.1) is 18.7 Å². The fraction of sp³-hybridized carbons (Fsp3) is 0.286. The van der Waals surface area contributed by atoms with Gasteiger partial charge in [-0.15, -0.1) is 5.10 Å². The molecule has 1 aromatic heterocycles. The van der Waals surface area contributed by atoms with Crippen LogP contribution in [0, 0.1) is 5.82 Å². The molecule has 1 aliphatic rings. The highest BCUT2D eigenvalue weighted by atomic mass is 19.1. The monoisotopic (exact) mass is 517 g/mol. The topological polar surface area (TPSA) is 98.6 Å². The van der Waals surface area contributed by atoms with Gasteiger partial charge in [0, 0.05) is 18.8 Å². The molecule has 0 spiro atoms. The van der Waals surface area contributed by atoms with Crippen molar-refractivity contribution in [3.63, 3.8) is 0 Å². The first-order chi connectivity index (χ1) is 18.5. The van der Waals surface area contributed by atoms with Crippen molar-refractivity contribution < 1.29 is 23.5 Å². The number of carbonyl (C=O) groups is 2. The van der Waals surface area contributed by atoms with E-state index in [1.807, 2.05) is 18.2 Å². The SMILES string of the molecule is COc1ccc([C@@H](C(=O)NC[C@@H]2CCCO2)N(C(=O)Cn2nnc3ccccc32)c2ccc(F)cc2)cc1. The molecule has 2 amide bonds. The number of ether oxygens (including phenoxy) is 2. The second-order valence-corrected chi connectivity index (χ2v) is 9.03. The Morgan fingerprint density at radius 1 is 1.13 bits per heavy atom. The Labute approximate surface area is 219 Å². The second-order valence-electron chi connectivity index (χ2n) is 9.03. The van der Waals surface area contributed by atoms with Crippen molar-refractivity contribution in [1.29, 1.82) is 0 Å². The smallest absolute Gasteiger partial charge is 0.249 e. The number of fused-ring (bicyclic) bond motifs is 1. The minimum absolute atomic E-state index is 0.0769. The molecule has 1 N–H and O–H groups in total. The van der Waals surface area contributed by atoms with Crippen LogP contribution in [0.2, 0.25) is 0 Å². The molecule has 1 aliphatic heterocycles. The summed E-state index contributed by atoms with van der Waals surface area (Å²) in [5, 5.41) is 11.2. The number of hydrogen-bond donors (Lipinski definition) is 1. The third kappa shape index (κ3) is 5.50. The summed E-state index contributed by atoms with van der Waals surface area (Å²) in [5.41, 5.74) is 2.27. The van der Waals surface area contributed by atoms with Crippen LogP contribution in [0.3, 0.4) is 0 Å². The van der Waals surface area contributed by atoms with Crippen molar-refractivity contribution in [2.24, 2.45) is 0 Å². The van der Waals surface area contributed by atoms with Gasteiger partial charge in [-0.3, -0.25) is 14.5 Å². The van der Waals surface area contributed by atoms with Gasteiger partial charge in [-0.25, -0.2) is 9.07 Å². The number of amides is 2. The third-order valence-corrected chi connectivity index (χ3v) is 6.54. The summed E-state index contributed by atoms with van der Waals surface area (Å²) < 4.78 is 26.3. The lowest BCUT2D eigenvalue weighted by Crippen LogP contribution is -2.46. The molecular formula is C28H28FN5O4.